The minimum absolute atomic E-state index is 0.0855. The Morgan fingerprint density at radius 1 is 1.33 bits per heavy atom. The fourth-order valence-electron chi connectivity index (χ4n) is 3.72. The molecule has 0 bridgehead atoms. The van der Waals surface area contributed by atoms with Crippen LogP contribution in [0.5, 0.6) is 0 Å². The molecule has 0 spiro atoms. The molecule has 2 atom stereocenters. The number of amides is 1. The summed E-state index contributed by atoms with van der Waals surface area (Å²) in [4.78, 5) is 18.9. The average molecular weight is 375 g/mol. The summed E-state index contributed by atoms with van der Waals surface area (Å²) in [6.07, 6.45) is 0.935. The van der Waals surface area contributed by atoms with Crippen LogP contribution in [0.4, 0.5) is 8.78 Å². The van der Waals surface area contributed by atoms with E-state index in [1.807, 2.05) is 11.5 Å². The van der Waals surface area contributed by atoms with Crippen LogP contribution in [0, 0.1) is 11.6 Å². The van der Waals surface area contributed by atoms with Crippen molar-refractivity contribution in [3.05, 3.63) is 47.2 Å². The Labute approximate surface area is 153 Å². The molecular weight excluding hydrogens is 356 g/mol. The van der Waals surface area contributed by atoms with Crippen molar-refractivity contribution < 1.29 is 18.7 Å². The molecule has 0 saturated carbocycles. The topological polar surface area (TPSA) is 76.2 Å². The predicted octanol–water partition coefficient (Wildman–Crippen LogP) is 2.32. The molecule has 0 saturated heterocycles. The number of aliphatic hydroxyl groups is 1. The molecule has 4 rings (SSSR count). The first kappa shape index (κ1) is 17.6. The molecule has 1 aromatic carbocycles. The lowest BCUT2D eigenvalue weighted by atomic mass is 10.1. The third kappa shape index (κ3) is 2.69. The van der Waals surface area contributed by atoms with Crippen LogP contribution >= 0.6 is 0 Å². The van der Waals surface area contributed by atoms with Crippen molar-refractivity contribution in [2.75, 3.05) is 6.54 Å². The van der Waals surface area contributed by atoms with Gasteiger partial charge >= 0.3 is 0 Å². The molecule has 1 amide bonds. The van der Waals surface area contributed by atoms with Gasteiger partial charge in [0.15, 0.2) is 17.3 Å². The number of hydrogen-bond donors (Lipinski definition) is 1. The van der Waals surface area contributed by atoms with Crippen molar-refractivity contribution in [1.82, 2.24) is 24.2 Å². The Hall–Kier alpha value is -2.81. The molecule has 0 unspecified atom stereocenters. The van der Waals surface area contributed by atoms with E-state index in [1.54, 1.807) is 25.1 Å². The van der Waals surface area contributed by atoms with Gasteiger partial charge in [-0.05, 0) is 19.9 Å². The highest BCUT2D eigenvalue weighted by Gasteiger charge is 2.31. The van der Waals surface area contributed by atoms with E-state index in [0.717, 1.165) is 17.8 Å². The van der Waals surface area contributed by atoms with Crippen LogP contribution in [-0.2, 0) is 13.6 Å². The first-order valence-corrected chi connectivity index (χ1v) is 8.63. The number of hydrogen-bond acceptors (Lipinski definition) is 4. The number of carbonyl (C=O) groups is 1. The number of halogens is 2. The van der Waals surface area contributed by atoms with Gasteiger partial charge in [-0.3, -0.25) is 9.48 Å². The summed E-state index contributed by atoms with van der Waals surface area (Å²) < 4.78 is 30.5. The van der Waals surface area contributed by atoms with Crippen molar-refractivity contribution in [2.45, 2.75) is 32.5 Å². The lowest BCUT2D eigenvalue weighted by Crippen LogP contribution is -2.40. The summed E-state index contributed by atoms with van der Waals surface area (Å²) >= 11 is 0. The molecule has 0 aliphatic carbocycles. The van der Waals surface area contributed by atoms with Gasteiger partial charge in [-0.25, -0.2) is 13.8 Å². The van der Waals surface area contributed by atoms with Crippen LogP contribution in [0.25, 0.3) is 10.9 Å². The molecule has 0 radical (unpaired) electrons. The molecule has 3 aromatic rings. The molecule has 2 aromatic heterocycles. The smallest absolute Gasteiger partial charge is 0.275 e. The van der Waals surface area contributed by atoms with E-state index in [1.165, 1.54) is 4.68 Å². The number of nitrogens with zero attached hydrogens (tertiary/aromatic N) is 5. The average Bonchev–Trinajstić information content (AvgIpc) is 3.17. The Morgan fingerprint density at radius 3 is 2.74 bits per heavy atom. The number of fused-ring (bicyclic) bond motifs is 2. The van der Waals surface area contributed by atoms with E-state index in [4.69, 9.17) is 0 Å². The first-order valence-electron chi connectivity index (χ1n) is 8.63. The van der Waals surface area contributed by atoms with Crippen LogP contribution in [-0.4, -0.2) is 41.8 Å². The van der Waals surface area contributed by atoms with E-state index in [9.17, 15) is 18.7 Å². The lowest BCUT2D eigenvalue weighted by Gasteiger charge is -2.33. The fraction of sp³-hybridized carbons (Fsp3) is 0.389. The Kier molecular flexibility index (Phi) is 3.99. The van der Waals surface area contributed by atoms with Crippen molar-refractivity contribution in [2.24, 2.45) is 7.05 Å². The summed E-state index contributed by atoms with van der Waals surface area (Å²) in [5.41, 5.74) is 1.24. The van der Waals surface area contributed by atoms with Crippen molar-refractivity contribution in [3.63, 3.8) is 0 Å². The van der Waals surface area contributed by atoms with Crippen LogP contribution in [0.3, 0.4) is 0 Å². The van der Waals surface area contributed by atoms with Gasteiger partial charge < -0.3 is 14.6 Å². The number of aryl methyl sites for hydroxylation is 1. The third-order valence-corrected chi connectivity index (χ3v) is 4.94. The zero-order chi connectivity index (χ0) is 19.5. The molecule has 7 nitrogen and oxygen atoms in total. The van der Waals surface area contributed by atoms with E-state index in [2.05, 4.69) is 10.1 Å². The molecule has 1 N–H and O–H groups in total. The highest BCUT2D eigenvalue weighted by molar-refractivity contribution is 6.04. The summed E-state index contributed by atoms with van der Waals surface area (Å²) in [6.45, 7) is 4.27. The minimum Gasteiger partial charge on any atom is -0.385 e. The zero-order valence-corrected chi connectivity index (χ0v) is 15.1. The largest absolute Gasteiger partial charge is 0.385 e. The van der Waals surface area contributed by atoms with Crippen molar-refractivity contribution >= 4 is 16.8 Å². The maximum absolute atomic E-state index is 13.7. The SMILES string of the molecule is C[C@@H](O)c1ncc2n1[C@@H](C)CN(C(=O)c1nn(C)c3cc(F)c(F)cc13)C2. The van der Waals surface area contributed by atoms with Gasteiger partial charge in [-0.1, -0.05) is 0 Å². The standard InChI is InChI=1S/C18H19F2N5O2/c1-9-7-24(8-11-6-21-17(10(2)26)25(9)11)18(27)16-12-4-13(19)14(20)5-15(12)23(3)22-16/h4-6,9-10,26H,7-8H2,1-3H3/t9-,10+/m0/s1. The van der Waals surface area contributed by atoms with E-state index < -0.39 is 17.7 Å². The number of imidazole rings is 1. The molecule has 1 aliphatic rings. The lowest BCUT2D eigenvalue weighted by molar-refractivity contribution is 0.0673. The summed E-state index contributed by atoms with van der Waals surface area (Å²) in [5, 5.41) is 14.3. The van der Waals surface area contributed by atoms with Crippen LogP contribution in [0.2, 0.25) is 0 Å². The van der Waals surface area contributed by atoms with Gasteiger partial charge in [-0.2, -0.15) is 5.10 Å². The maximum atomic E-state index is 13.7. The van der Waals surface area contributed by atoms with Gasteiger partial charge in [0.2, 0.25) is 0 Å². The van der Waals surface area contributed by atoms with Crippen LogP contribution < -0.4 is 0 Å². The quantitative estimate of drug-likeness (QED) is 0.746. The van der Waals surface area contributed by atoms with Crippen molar-refractivity contribution in [1.29, 1.82) is 0 Å². The Bertz CT molecular complexity index is 1060. The van der Waals surface area contributed by atoms with Crippen LogP contribution in [0.15, 0.2) is 18.3 Å². The Morgan fingerprint density at radius 2 is 2.04 bits per heavy atom. The number of rotatable bonds is 2. The summed E-state index contributed by atoms with van der Waals surface area (Å²) in [7, 11) is 1.58. The number of benzene rings is 1. The predicted molar refractivity (Wildman–Crippen MR) is 92.9 cm³/mol. The van der Waals surface area contributed by atoms with Gasteiger partial charge in [0, 0.05) is 25.0 Å². The summed E-state index contributed by atoms with van der Waals surface area (Å²) in [6, 6.07) is 1.96. The normalized spacial score (nSPS) is 18.0. The molecule has 9 heteroatoms. The maximum Gasteiger partial charge on any atom is 0.275 e. The molecule has 3 heterocycles. The summed E-state index contributed by atoms with van der Waals surface area (Å²) in [5.74, 6) is -1.79. The van der Waals surface area contributed by atoms with Crippen LogP contribution in [0.1, 0.15) is 48.0 Å². The van der Waals surface area contributed by atoms with Gasteiger partial charge in [-0.15, -0.1) is 0 Å². The molecular formula is C18H19F2N5O2. The Balaban J connectivity index is 1.72. The number of carbonyl (C=O) groups excluding carboxylic acids is 1. The van der Waals surface area contributed by atoms with Gasteiger partial charge in [0.1, 0.15) is 11.9 Å². The molecule has 1 aliphatic heterocycles. The molecule has 142 valence electrons. The second-order valence-electron chi connectivity index (χ2n) is 6.94. The third-order valence-electron chi connectivity index (χ3n) is 4.94. The zero-order valence-electron chi connectivity index (χ0n) is 15.1. The number of aromatic nitrogens is 4. The van der Waals surface area contributed by atoms with Crippen molar-refractivity contribution in [3.8, 4) is 0 Å². The molecule has 0 fully saturated rings. The van der Waals surface area contributed by atoms with Gasteiger partial charge in [0.25, 0.3) is 5.91 Å². The minimum atomic E-state index is -1.02. The fourth-order valence-corrected chi connectivity index (χ4v) is 3.72. The van der Waals surface area contributed by atoms with E-state index in [-0.39, 0.29) is 23.0 Å². The first-order chi connectivity index (χ1) is 12.8. The van der Waals surface area contributed by atoms with E-state index in [0.29, 0.717) is 24.4 Å². The highest BCUT2D eigenvalue weighted by atomic mass is 19.2. The highest BCUT2D eigenvalue weighted by Crippen LogP contribution is 2.28. The second kappa shape index (κ2) is 6.12. The molecule has 27 heavy (non-hydrogen) atoms. The van der Waals surface area contributed by atoms with Gasteiger partial charge in [0.05, 0.1) is 30.0 Å². The monoisotopic (exact) mass is 375 g/mol. The van der Waals surface area contributed by atoms with E-state index >= 15 is 0 Å². The number of aliphatic hydroxyl groups excluding tert-OH is 1. The second-order valence-corrected chi connectivity index (χ2v) is 6.94.